The third-order valence-corrected chi connectivity index (χ3v) is 4.51. The van der Waals surface area contributed by atoms with Crippen molar-refractivity contribution in [3.63, 3.8) is 0 Å². The van der Waals surface area contributed by atoms with Crippen LogP contribution in [-0.4, -0.2) is 46.1 Å². The predicted octanol–water partition coefficient (Wildman–Crippen LogP) is 2.46. The van der Waals surface area contributed by atoms with Crippen molar-refractivity contribution < 1.29 is 9.90 Å². The minimum Gasteiger partial charge on any atom is -0.480 e. The summed E-state index contributed by atoms with van der Waals surface area (Å²) in [6.07, 6.45) is 3.68. The zero-order valence-corrected chi connectivity index (χ0v) is 11.2. The number of nitrogens with zero attached hydrogens (tertiary/aromatic N) is 1. The standard InChI is InChI=1S/C12H23NO2S/c1-3-12(11(14)15)7-5-8-13(12)9-6-10-16-4-2/h3-10H2,1-2H3,(H,14,15). The molecule has 3 nitrogen and oxygen atoms in total. The summed E-state index contributed by atoms with van der Waals surface area (Å²) in [5, 5.41) is 9.39. The minimum absolute atomic E-state index is 0.559. The van der Waals surface area contributed by atoms with E-state index >= 15 is 0 Å². The lowest BCUT2D eigenvalue weighted by Crippen LogP contribution is -2.50. The molecule has 1 fully saturated rings. The van der Waals surface area contributed by atoms with Gasteiger partial charge in [-0.1, -0.05) is 13.8 Å². The molecule has 1 unspecified atom stereocenters. The van der Waals surface area contributed by atoms with E-state index in [1.54, 1.807) is 0 Å². The summed E-state index contributed by atoms with van der Waals surface area (Å²) in [6, 6.07) is 0. The molecule has 0 spiro atoms. The van der Waals surface area contributed by atoms with E-state index in [4.69, 9.17) is 0 Å². The summed E-state index contributed by atoms with van der Waals surface area (Å²) in [6.45, 7) is 6.05. The molecule has 1 aliphatic rings. The van der Waals surface area contributed by atoms with E-state index in [-0.39, 0.29) is 0 Å². The van der Waals surface area contributed by atoms with Crippen LogP contribution in [0.25, 0.3) is 0 Å². The van der Waals surface area contributed by atoms with Crippen LogP contribution < -0.4 is 0 Å². The van der Waals surface area contributed by atoms with Gasteiger partial charge in [0.2, 0.25) is 0 Å². The van der Waals surface area contributed by atoms with Crippen molar-refractivity contribution in [2.24, 2.45) is 0 Å². The molecule has 0 bridgehead atoms. The van der Waals surface area contributed by atoms with Gasteiger partial charge in [-0.15, -0.1) is 0 Å². The van der Waals surface area contributed by atoms with E-state index in [1.165, 1.54) is 0 Å². The summed E-state index contributed by atoms with van der Waals surface area (Å²) in [5.41, 5.74) is -0.559. The van der Waals surface area contributed by atoms with Crippen molar-refractivity contribution >= 4 is 17.7 Å². The minimum atomic E-state index is -0.629. The average Bonchev–Trinajstić information content (AvgIpc) is 2.68. The van der Waals surface area contributed by atoms with Gasteiger partial charge in [0, 0.05) is 6.54 Å². The number of hydrogen-bond acceptors (Lipinski definition) is 3. The highest BCUT2D eigenvalue weighted by Crippen LogP contribution is 2.32. The first-order valence-corrected chi connectivity index (χ1v) is 7.39. The molecule has 1 aliphatic heterocycles. The van der Waals surface area contributed by atoms with Crippen LogP contribution in [0.15, 0.2) is 0 Å². The summed E-state index contributed by atoms with van der Waals surface area (Å²) in [7, 11) is 0. The first kappa shape index (κ1) is 13.8. The third-order valence-electron chi connectivity index (χ3n) is 3.53. The van der Waals surface area contributed by atoms with Gasteiger partial charge in [0.1, 0.15) is 5.54 Å². The molecule has 0 aromatic carbocycles. The zero-order valence-electron chi connectivity index (χ0n) is 10.4. The molecule has 0 radical (unpaired) electrons. The molecular formula is C12H23NO2S. The Bertz CT molecular complexity index is 235. The molecule has 0 amide bonds. The Kier molecular flexibility index (Phi) is 5.62. The quantitative estimate of drug-likeness (QED) is 0.700. The van der Waals surface area contributed by atoms with E-state index in [0.717, 1.165) is 50.3 Å². The largest absolute Gasteiger partial charge is 0.480 e. The molecule has 0 aromatic heterocycles. The SMILES string of the molecule is CCSCCCN1CCCC1(CC)C(=O)O. The lowest BCUT2D eigenvalue weighted by molar-refractivity contribution is -0.150. The molecule has 1 heterocycles. The normalized spacial score (nSPS) is 26.1. The summed E-state index contributed by atoms with van der Waals surface area (Å²) in [4.78, 5) is 13.6. The maximum atomic E-state index is 11.4. The molecule has 0 aliphatic carbocycles. The molecule has 1 N–H and O–H groups in total. The van der Waals surface area contributed by atoms with Gasteiger partial charge < -0.3 is 5.11 Å². The van der Waals surface area contributed by atoms with Gasteiger partial charge in [-0.25, -0.2) is 0 Å². The number of aliphatic carboxylic acids is 1. The molecule has 94 valence electrons. The number of hydrogen-bond donors (Lipinski definition) is 1. The molecule has 0 aromatic rings. The molecular weight excluding hydrogens is 222 g/mol. The number of carbonyl (C=O) groups is 1. The van der Waals surface area contributed by atoms with E-state index in [1.807, 2.05) is 18.7 Å². The van der Waals surface area contributed by atoms with Gasteiger partial charge in [-0.2, -0.15) is 11.8 Å². The lowest BCUT2D eigenvalue weighted by atomic mass is 9.93. The van der Waals surface area contributed by atoms with Crippen molar-refractivity contribution in [1.82, 2.24) is 4.90 Å². The molecule has 1 atom stereocenters. The zero-order chi connectivity index (χ0) is 12.0. The van der Waals surface area contributed by atoms with Crippen LogP contribution in [0.4, 0.5) is 0 Å². The molecule has 4 heteroatoms. The van der Waals surface area contributed by atoms with Gasteiger partial charge in [-0.3, -0.25) is 9.69 Å². The maximum absolute atomic E-state index is 11.4. The smallest absolute Gasteiger partial charge is 0.324 e. The van der Waals surface area contributed by atoms with Gasteiger partial charge in [0.05, 0.1) is 0 Å². The Hall–Kier alpha value is -0.220. The fraction of sp³-hybridized carbons (Fsp3) is 0.917. The van der Waals surface area contributed by atoms with Gasteiger partial charge >= 0.3 is 5.97 Å². The first-order valence-electron chi connectivity index (χ1n) is 6.23. The first-order chi connectivity index (χ1) is 7.67. The summed E-state index contributed by atoms with van der Waals surface area (Å²) in [5.74, 6) is 1.67. The number of thioether (sulfide) groups is 1. The highest BCUT2D eigenvalue weighted by Gasteiger charge is 2.45. The second kappa shape index (κ2) is 6.50. The second-order valence-electron chi connectivity index (χ2n) is 4.33. The monoisotopic (exact) mass is 245 g/mol. The summed E-state index contributed by atoms with van der Waals surface area (Å²) >= 11 is 1.93. The predicted molar refractivity (Wildman–Crippen MR) is 69.1 cm³/mol. The van der Waals surface area contributed by atoms with Gasteiger partial charge in [0.25, 0.3) is 0 Å². The Morgan fingerprint density at radius 3 is 2.81 bits per heavy atom. The number of carboxylic acid groups (broad SMARTS) is 1. The molecule has 1 rings (SSSR count). The fourth-order valence-electron chi connectivity index (χ4n) is 2.56. The Morgan fingerprint density at radius 2 is 2.25 bits per heavy atom. The molecule has 16 heavy (non-hydrogen) atoms. The van der Waals surface area contributed by atoms with E-state index in [9.17, 15) is 9.90 Å². The van der Waals surface area contributed by atoms with Crippen molar-refractivity contribution in [2.45, 2.75) is 45.1 Å². The number of carboxylic acids is 1. The topological polar surface area (TPSA) is 40.5 Å². The Morgan fingerprint density at radius 1 is 1.50 bits per heavy atom. The van der Waals surface area contributed by atoms with Crippen molar-refractivity contribution in [3.8, 4) is 0 Å². The lowest BCUT2D eigenvalue weighted by Gasteiger charge is -2.33. The molecule has 0 saturated carbocycles. The highest BCUT2D eigenvalue weighted by molar-refractivity contribution is 7.99. The van der Waals surface area contributed by atoms with Crippen LogP contribution in [0.2, 0.25) is 0 Å². The van der Waals surface area contributed by atoms with E-state index < -0.39 is 11.5 Å². The van der Waals surface area contributed by atoms with Crippen molar-refractivity contribution in [2.75, 3.05) is 24.6 Å². The van der Waals surface area contributed by atoms with Crippen LogP contribution in [0.1, 0.15) is 39.5 Å². The van der Waals surface area contributed by atoms with Crippen molar-refractivity contribution in [1.29, 1.82) is 0 Å². The van der Waals surface area contributed by atoms with Crippen LogP contribution in [0.3, 0.4) is 0 Å². The summed E-state index contributed by atoms with van der Waals surface area (Å²) < 4.78 is 0. The van der Waals surface area contributed by atoms with Gasteiger partial charge in [-0.05, 0) is 43.7 Å². The third kappa shape index (κ3) is 2.92. The van der Waals surface area contributed by atoms with Crippen LogP contribution >= 0.6 is 11.8 Å². The van der Waals surface area contributed by atoms with E-state index in [2.05, 4.69) is 11.8 Å². The maximum Gasteiger partial charge on any atom is 0.324 e. The van der Waals surface area contributed by atoms with E-state index in [0.29, 0.717) is 0 Å². The Balaban J connectivity index is 2.47. The number of likely N-dealkylation sites (tertiary alicyclic amines) is 1. The van der Waals surface area contributed by atoms with Gasteiger partial charge in [0.15, 0.2) is 0 Å². The van der Waals surface area contributed by atoms with Crippen molar-refractivity contribution in [3.05, 3.63) is 0 Å². The molecule has 1 saturated heterocycles. The Labute approximate surface area is 103 Å². The van der Waals surface area contributed by atoms with Crippen LogP contribution in [0, 0.1) is 0 Å². The fourth-order valence-corrected chi connectivity index (χ4v) is 3.18. The number of rotatable bonds is 7. The van der Waals surface area contributed by atoms with Crippen LogP contribution in [0.5, 0.6) is 0 Å². The average molecular weight is 245 g/mol. The highest BCUT2D eigenvalue weighted by atomic mass is 32.2. The van der Waals surface area contributed by atoms with Crippen LogP contribution in [-0.2, 0) is 4.79 Å². The second-order valence-corrected chi connectivity index (χ2v) is 5.73.